The first-order valence-electron chi connectivity index (χ1n) is 9.07. The maximum atomic E-state index is 13.1. The molecule has 0 aliphatic carbocycles. The van der Waals surface area contributed by atoms with E-state index in [1.54, 1.807) is 24.0 Å². The first-order valence-corrected chi connectivity index (χ1v) is 10.5. The van der Waals surface area contributed by atoms with Crippen LogP contribution in [0.15, 0.2) is 22.8 Å². The lowest BCUT2D eigenvalue weighted by Gasteiger charge is -2.40. The van der Waals surface area contributed by atoms with Crippen LogP contribution in [0, 0.1) is 5.92 Å². The van der Waals surface area contributed by atoms with Gasteiger partial charge >= 0.3 is 5.97 Å². The second-order valence-electron chi connectivity index (χ2n) is 6.83. The highest BCUT2D eigenvalue weighted by atomic mass is 32.2. The standard InChI is InChI=1S/C17H25N3O6S/c1-3-25-17(22)12-6-4-8-20(11-12)16(21)14-10-13(15-7-5-9-26-15)18-27(23,24)19(14)2/h5,7,9,12-14,18H,3-4,6,8,10-11H2,1-2H3/t12?,13-,14+/m0/s1. The molecule has 0 saturated carbocycles. The van der Waals surface area contributed by atoms with Gasteiger partial charge in [-0.05, 0) is 38.3 Å². The molecular formula is C17H25N3O6S. The number of nitrogens with zero attached hydrogens (tertiary/aromatic N) is 2. The molecule has 27 heavy (non-hydrogen) atoms. The van der Waals surface area contributed by atoms with Crippen LogP contribution in [0.5, 0.6) is 0 Å². The van der Waals surface area contributed by atoms with Gasteiger partial charge in [0.25, 0.3) is 10.2 Å². The van der Waals surface area contributed by atoms with Crippen molar-refractivity contribution in [2.45, 2.75) is 38.3 Å². The van der Waals surface area contributed by atoms with E-state index in [0.29, 0.717) is 31.8 Å². The van der Waals surface area contributed by atoms with Gasteiger partial charge < -0.3 is 14.1 Å². The lowest BCUT2D eigenvalue weighted by Crippen LogP contribution is -2.59. The van der Waals surface area contributed by atoms with Crippen LogP contribution in [-0.2, 0) is 24.5 Å². The van der Waals surface area contributed by atoms with E-state index in [0.717, 1.165) is 4.31 Å². The topological polar surface area (TPSA) is 109 Å². The lowest BCUT2D eigenvalue weighted by atomic mass is 9.96. The summed E-state index contributed by atoms with van der Waals surface area (Å²) in [7, 11) is -2.44. The van der Waals surface area contributed by atoms with E-state index >= 15 is 0 Å². The molecule has 1 unspecified atom stereocenters. The molecule has 10 heteroatoms. The number of piperidine rings is 1. The summed E-state index contributed by atoms with van der Waals surface area (Å²) in [5.41, 5.74) is 0. The summed E-state index contributed by atoms with van der Waals surface area (Å²) >= 11 is 0. The van der Waals surface area contributed by atoms with E-state index in [4.69, 9.17) is 9.15 Å². The van der Waals surface area contributed by atoms with E-state index in [9.17, 15) is 18.0 Å². The molecule has 3 rings (SSSR count). The number of likely N-dealkylation sites (tertiary alicyclic amines) is 1. The van der Waals surface area contributed by atoms with Crippen molar-refractivity contribution in [2.75, 3.05) is 26.7 Å². The summed E-state index contributed by atoms with van der Waals surface area (Å²) in [5.74, 6) is -0.512. The van der Waals surface area contributed by atoms with Crippen molar-refractivity contribution in [1.29, 1.82) is 0 Å². The number of likely N-dealkylation sites (N-methyl/N-ethyl adjacent to an activating group) is 1. The van der Waals surface area contributed by atoms with Gasteiger partial charge in [0, 0.05) is 20.1 Å². The Labute approximate surface area is 158 Å². The highest BCUT2D eigenvalue weighted by molar-refractivity contribution is 7.87. The average Bonchev–Trinajstić information content (AvgIpc) is 3.18. The highest BCUT2D eigenvalue weighted by Gasteiger charge is 2.44. The quantitative estimate of drug-likeness (QED) is 0.745. The van der Waals surface area contributed by atoms with Crippen molar-refractivity contribution in [3.05, 3.63) is 24.2 Å². The molecule has 2 fully saturated rings. The Kier molecular flexibility index (Phi) is 5.87. The Morgan fingerprint density at radius 2 is 2.19 bits per heavy atom. The average molecular weight is 399 g/mol. The monoisotopic (exact) mass is 399 g/mol. The Balaban J connectivity index is 1.76. The summed E-state index contributed by atoms with van der Waals surface area (Å²) in [6, 6.07) is 1.89. The molecule has 9 nitrogen and oxygen atoms in total. The minimum atomic E-state index is -3.82. The molecular weight excluding hydrogens is 374 g/mol. The van der Waals surface area contributed by atoms with Gasteiger partial charge in [-0.25, -0.2) is 0 Å². The minimum Gasteiger partial charge on any atom is -0.468 e. The van der Waals surface area contributed by atoms with Crippen LogP contribution in [-0.4, -0.2) is 62.3 Å². The zero-order valence-corrected chi connectivity index (χ0v) is 16.3. The molecule has 0 spiro atoms. The van der Waals surface area contributed by atoms with Crippen molar-refractivity contribution in [1.82, 2.24) is 13.9 Å². The molecule has 1 aromatic heterocycles. The minimum absolute atomic E-state index is 0.251. The predicted molar refractivity (Wildman–Crippen MR) is 95.6 cm³/mol. The SMILES string of the molecule is CCOC(=O)C1CCCN(C(=O)[C@H]2C[C@@H](c3ccco3)NS(=O)(=O)N2C)C1. The Morgan fingerprint density at radius 1 is 1.41 bits per heavy atom. The highest BCUT2D eigenvalue weighted by Crippen LogP contribution is 2.30. The second-order valence-corrected chi connectivity index (χ2v) is 8.60. The number of rotatable bonds is 4. The van der Waals surface area contributed by atoms with Crippen LogP contribution in [0.25, 0.3) is 0 Å². The van der Waals surface area contributed by atoms with Gasteiger partial charge in [-0.1, -0.05) is 0 Å². The molecule has 2 aliphatic rings. The summed E-state index contributed by atoms with van der Waals surface area (Å²) in [5, 5.41) is 0. The summed E-state index contributed by atoms with van der Waals surface area (Å²) in [4.78, 5) is 26.7. The van der Waals surface area contributed by atoms with Crippen molar-refractivity contribution in [3.8, 4) is 0 Å². The second kappa shape index (κ2) is 7.99. The van der Waals surface area contributed by atoms with Crippen molar-refractivity contribution >= 4 is 22.1 Å². The van der Waals surface area contributed by atoms with Crippen LogP contribution >= 0.6 is 0 Å². The summed E-state index contributed by atoms with van der Waals surface area (Å²) in [6.45, 7) is 2.79. The molecule has 1 amide bonds. The summed E-state index contributed by atoms with van der Waals surface area (Å²) in [6.07, 6.45) is 3.06. The van der Waals surface area contributed by atoms with Gasteiger partial charge in [-0.3, -0.25) is 9.59 Å². The molecule has 150 valence electrons. The van der Waals surface area contributed by atoms with Gasteiger partial charge in [0.2, 0.25) is 5.91 Å². The van der Waals surface area contributed by atoms with Crippen LogP contribution in [0.1, 0.15) is 38.0 Å². The molecule has 1 N–H and O–H groups in total. The first kappa shape index (κ1) is 19.8. The van der Waals surface area contributed by atoms with E-state index in [-0.39, 0.29) is 30.8 Å². The van der Waals surface area contributed by atoms with Crippen LogP contribution in [0.3, 0.4) is 0 Å². The van der Waals surface area contributed by atoms with Gasteiger partial charge in [-0.15, -0.1) is 0 Å². The van der Waals surface area contributed by atoms with E-state index < -0.39 is 22.3 Å². The molecule has 0 bridgehead atoms. The molecule has 1 aromatic rings. The van der Waals surface area contributed by atoms with Gasteiger partial charge in [0.15, 0.2) is 0 Å². The molecule has 2 aliphatic heterocycles. The third kappa shape index (κ3) is 4.17. The smallest absolute Gasteiger partial charge is 0.310 e. The number of esters is 1. The fourth-order valence-corrected chi connectivity index (χ4v) is 4.86. The number of hydrogen-bond donors (Lipinski definition) is 1. The fourth-order valence-electron chi connectivity index (χ4n) is 3.61. The lowest BCUT2D eigenvalue weighted by molar-refractivity contribution is -0.152. The number of furan rings is 1. The Morgan fingerprint density at radius 3 is 2.85 bits per heavy atom. The number of carbonyl (C=O) groups excluding carboxylic acids is 2. The number of amides is 1. The van der Waals surface area contributed by atoms with E-state index in [1.807, 2.05) is 0 Å². The molecule has 3 atom stereocenters. The number of ether oxygens (including phenoxy) is 1. The van der Waals surface area contributed by atoms with Crippen molar-refractivity contribution < 1.29 is 27.2 Å². The zero-order valence-electron chi connectivity index (χ0n) is 15.5. The largest absolute Gasteiger partial charge is 0.468 e. The van der Waals surface area contributed by atoms with E-state index in [1.165, 1.54) is 13.3 Å². The molecule has 0 radical (unpaired) electrons. The molecule has 0 aromatic carbocycles. The van der Waals surface area contributed by atoms with Gasteiger partial charge in [0.05, 0.1) is 24.8 Å². The number of carbonyl (C=O) groups is 2. The van der Waals surface area contributed by atoms with Crippen LogP contribution < -0.4 is 4.72 Å². The van der Waals surface area contributed by atoms with E-state index in [2.05, 4.69) is 4.72 Å². The Hall–Kier alpha value is -1.91. The van der Waals surface area contributed by atoms with Crippen LogP contribution in [0.2, 0.25) is 0 Å². The van der Waals surface area contributed by atoms with Crippen LogP contribution in [0.4, 0.5) is 0 Å². The molecule has 3 heterocycles. The first-order chi connectivity index (χ1) is 12.8. The maximum absolute atomic E-state index is 13.1. The van der Waals surface area contributed by atoms with Crippen molar-refractivity contribution in [2.24, 2.45) is 5.92 Å². The van der Waals surface area contributed by atoms with Gasteiger partial charge in [0.1, 0.15) is 11.8 Å². The summed E-state index contributed by atoms with van der Waals surface area (Å²) < 4.78 is 38.9. The third-order valence-electron chi connectivity index (χ3n) is 5.09. The number of nitrogens with one attached hydrogen (secondary N) is 1. The fraction of sp³-hybridized carbons (Fsp3) is 0.647. The molecule has 2 saturated heterocycles. The Bertz CT molecular complexity index is 779. The zero-order chi connectivity index (χ0) is 19.6. The normalized spacial score (nSPS) is 28.7. The van der Waals surface area contributed by atoms with Gasteiger partial charge in [-0.2, -0.15) is 17.4 Å². The van der Waals surface area contributed by atoms with Crippen molar-refractivity contribution in [3.63, 3.8) is 0 Å². The third-order valence-corrected chi connectivity index (χ3v) is 6.69. The number of hydrogen-bond acceptors (Lipinski definition) is 6. The predicted octanol–water partition coefficient (Wildman–Crippen LogP) is 0.661. The maximum Gasteiger partial charge on any atom is 0.310 e.